The molecule has 0 bridgehead atoms. The molecule has 1 N–H and O–H groups in total. The van der Waals surface area contributed by atoms with Crippen LogP contribution in [0.4, 0.5) is 11.4 Å². The minimum Gasteiger partial charge on any atom is -0.377 e. The van der Waals surface area contributed by atoms with Crippen LogP contribution >= 0.6 is 11.3 Å². The van der Waals surface area contributed by atoms with E-state index in [0.29, 0.717) is 17.5 Å². The van der Waals surface area contributed by atoms with E-state index in [-0.39, 0.29) is 11.7 Å². The molecule has 1 aromatic carbocycles. The number of nitro groups is 1. The summed E-state index contributed by atoms with van der Waals surface area (Å²) in [5.74, 6) is 0. The maximum atomic E-state index is 11.0. The molecule has 5 nitrogen and oxygen atoms in total. The van der Waals surface area contributed by atoms with E-state index in [1.165, 1.54) is 11.6 Å². The SMILES string of the molecule is CC(Cc1ccsc1)Nc1ccc(C=O)cc1[N+](=O)[O-]. The number of benzene rings is 1. The fourth-order valence-corrected chi connectivity index (χ4v) is 2.66. The molecule has 20 heavy (non-hydrogen) atoms. The number of aldehydes is 1. The van der Waals surface area contributed by atoms with Crippen LogP contribution in [0.2, 0.25) is 0 Å². The van der Waals surface area contributed by atoms with Gasteiger partial charge in [0.2, 0.25) is 0 Å². The molecule has 6 heteroatoms. The van der Waals surface area contributed by atoms with Gasteiger partial charge >= 0.3 is 0 Å². The van der Waals surface area contributed by atoms with E-state index in [1.54, 1.807) is 23.5 Å². The zero-order valence-electron chi connectivity index (χ0n) is 10.9. The van der Waals surface area contributed by atoms with E-state index < -0.39 is 4.92 Å². The van der Waals surface area contributed by atoms with Crippen molar-refractivity contribution in [1.29, 1.82) is 0 Å². The van der Waals surface area contributed by atoms with Gasteiger partial charge in [-0.3, -0.25) is 14.9 Å². The molecular formula is C14H14N2O3S. The lowest BCUT2D eigenvalue weighted by atomic mass is 10.1. The fraction of sp³-hybridized carbons (Fsp3) is 0.214. The molecule has 2 aromatic rings. The third-order valence-corrected chi connectivity index (χ3v) is 3.61. The van der Waals surface area contributed by atoms with Gasteiger partial charge in [0.05, 0.1) is 4.92 Å². The molecule has 0 saturated carbocycles. The summed E-state index contributed by atoms with van der Waals surface area (Å²) < 4.78 is 0. The Hall–Kier alpha value is -2.21. The number of hydrogen-bond acceptors (Lipinski definition) is 5. The van der Waals surface area contributed by atoms with Crippen molar-refractivity contribution < 1.29 is 9.72 Å². The van der Waals surface area contributed by atoms with Crippen molar-refractivity contribution in [2.24, 2.45) is 0 Å². The van der Waals surface area contributed by atoms with Crippen molar-refractivity contribution >= 4 is 29.0 Å². The number of rotatable bonds is 6. The number of carbonyl (C=O) groups excluding carboxylic acids is 1. The predicted molar refractivity (Wildman–Crippen MR) is 79.6 cm³/mol. The summed E-state index contributed by atoms with van der Waals surface area (Å²) in [6, 6.07) is 6.52. The van der Waals surface area contributed by atoms with E-state index >= 15 is 0 Å². The van der Waals surface area contributed by atoms with Gasteiger partial charge in [0.25, 0.3) is 5.69 Å². The first-order valence-corrected chi connectivity index (χ1v) is 7.05. The Bertz CT molecular complexity index is 611. The average molecular weight is 290 g/mol. The van der Waals surface area contributed by atoms with Crippen molar-refractivity contribution in [2.75, 3.05) is 5.32 Å². The Morgan fingerprint density at radius 2 is 2.25 bits per heavy atom. The van der Waals surface area contributed by atoms with Gasteiger partial charge in [0.1, 0.15) is 12.0 Å². The molecule has 2 rings (SSSR count). The number of thiophene rings is 1. The molecule has 0 aliphatic heterocycles. The van der Waals surface area contributed by atoms with E-state index in [2.05, 4.69) is 10.7 Å². The third kappa shape index (κ3) is 3.42. The number of nitrogens with zero attached hydrogens (tertiary/aromatic N) is 1. The zero-order valence-corrected chi connectivity index (χ0v) is 11.7. The van der Waals surface area contributed by atoms with Crippen molar-refractivity contribution in [1.82, 2.24) is 0 Å². The van der Waals surface area contributed by atoms with Gasteiger partial charge in [0, 0.05) is 17.7 Å². The highest BCUT2D eigenvalue weighted by molar-refractivity contribution is 7.07. The first-order chi connectivity index (χ1) is 9.60. The smallest absolute Gasteiger partial charge is 0.293 e. The second kappa shape index (κ2) is 6.29. The van der Waals surface area contributed by atoms with Gasteiger partial charge in [-0.1, -0.05) is 0 Å². The highest BCUT2D eigenvalue weighted by Crippen LogP contribution is 2.26. The topological polar surface area (TPSA) is 72.2 Å². The quantitative estimate of drug-likeness (QED) is 0.502. The highest BCUT2D eigenvalue weighted by Gasteiger charge is 2.16. The highest BCUT2D eigenvalue weighted by atomic mass is 32.1. The van der Waals surface area contributed by atoms with Crippen LogP contribution in [0.3, 0.4) is 0 Å². The van der Waals surface area contributed by atoms with Crippen molar-refractivity contribution in [3.8, 4) is 0 Å². The van der Waals surface area contributed by atoms with Crippen LogP contribution in [0.15, 0.2) is 35.0 Å². The van der Waals surface area contributed by atoms with Gasteiger partial charge in [-0.2, -0.15) is 11.3 Å². The van der Waals surface area contributed by atoms with Crippen molar-refractivity contribution in [3.05, 3.63) is 56.3 Å². The van der Waals surface area contributed by atoms with Gasteiger partial charge in [-0.05, 0) is 47.9 Å². The minimum atomic E-state index is -0.480. The average Bonchev–Trinajstić information content (AvgIpc) is 2.91. The Labute approximate surface area is 120 Å². The van der Waals surface area contributed by atoms with Crippen LogP contribution in [0, 0.1) is 10.1 Å². The molecule has 0 spiro atoms. The zero-order chi connectivity index (χ0) is 14.5. The summed E-state index contributed by atoms with van der Waals surface area (Å²) in [5, 5.41) is 18.2. The molecule has 0 aliphatic rings. The summed E-state index contributed by atoms with van der Waals surface area (Å²) in [5.41, 5.74) is 1.85. The molecule has 0 aliphatic carbocycles. The summed E-state index contributed by atoms with van der Waals surface area (Å²) in [6.07, 6.45) is 1.39. The number of anilines is 1. The number of hydrogen-bond donors (Lipinski definition) is 1. The first kappa shape index (κ1) is 14.2. The van der Waals surface area contributed by atoms with Crippen LogP contribution in [-0.4, -0.2) is 17.3 Å². The first-order valence-electron chi connectivity index (χ1n) is 6.11. The summed E-state index contributed by atoms with van der Waals surface area (Å²) in [4.78, 5) is 21.2. The molecule has 0 fully saturated rings. The molecule has 104 valence electrons. The molecule has 0 amide bonds. The normalized spacial score (nSPS) is 11.8. The van der Waals surface area contributed by atoms with Gasteiger partial charge < -0.3 is 5.32 Å². The molecular weight excluding hydrogens is 276 g/mol. The maximum Gasteiger partial charge on any atom is 0.293 e. The lowest BCUT2D eigenvalue weighted by Crippen LogP contribution is -2.18. The standard InChI is InChI=1S/C14H14N2O3S/c1-10(6-12-4-5-20-9-12)15-13-3-2-11(8-17)7-14(13)16(18)19/h2-5,7-10,15H,6H2,1H3. The van der Waals surface area contributed by atoms with Crippen molar-refractivity contribution in [2.45, 2.75) is 19.4 Å². The lowest BCUT2D eigenvalue weighted by molar-refractivity contribution is -0.384. The fourth-order valence-electron chi connectivity index (χ4n) is 1.97. The Morgan fingerprint density at radius 1 is 1.45 bits per heavy atom. The van der Waals surface area contributed by atoms with Crippen LogP contribution in [0.5, 0.6) is 0 Å². The van der Waals surface area contributed by atoms with E-state index in [1.807, 2.05) is 18.4 Å². The Morgan fingerprint density at radius 3 is 2.85 bits per heavy atom. The van der Waals surface area contributed by atoms with Crippen LogP contribution in [0.25, 0.3) is 0 Å². The second-order valence-corrected chi connectivity index (χ2v) is 5.31. The van der Waals surface area contributed by atoms with Crippen LogP contribution < -0.4 is 5.32 Å². The monoisotopic (exact) mass is 290 g/mol. The summed E-state index contributed by atoms with van der Waals surface area (Å²) in [7, 11) is 0. The molecule has 1 aromatic heterocycles. The third-order valence-electron chi connectivity index (χ3n) is 2.88. The summed E-state index contributed by atoms with van der Waals surface area (Å²) >= 11 is 1.63. The number of carbonyl (C=O) groups is 1. The van der Waals surface area contributed by atoms with Gasteiger partial charge in [-0.15, -0.1) is 0 Å². The molecule has 0 radical (unpaired) electrons. The Kier molecular flexibility index (Phi) is 4.47. The van der Waals surface area contributed by atoms with Gasteiger partial charge in [-0.25, -0.2) is 0 Å². The number of nitro benzene ring substituents is 1. The maximum absolute atomic E-state index is 11.0. The summed E-state index contributed by atoms with van der Waals surface area (Å²) in [6.45, 7) is 1.97. The van der Waals surface area contributed by atoms with Crippen LogP contribution in [0.1, 0.15) is 22.8 Å². The van der Waals surface area contributed by atoms with Crippen LogP contribution in [-0.2, 0) is 6.42 Å². The van der Waals surface area contributed by atoms with E-state index in [4.69, 9.17) is 0 Å². The molecule has 1 unspecified atom stereocenters. The molecule has 0 saturated heterocycles. The van der Waals surface area contributed by atoms with E-state index in [9.17, 15) is 14.9 Å². The molecule has 1 atom stereocenters. The van der Waals surface area contributed by atoms with Gasteiger partial charge in [0.15, 0.2) is 0 Å². The van der Waals surface area contributed by atoms with Crippen molar-refractivity contribution in [3.63, 3.8) is 0 Å². The minimum absolute atomic E-state index is 0.0605. The van der Waals surface area contributed by atoms with E-state index in [0.717, 1.165) is 6.42 Å². The number of nitrogens with one attached hydrogen (secondary N) is 1. The lowest BCUT2D eigenvalue weighted by Gasteiger charge is -2.14. The largest absolute Gasteiger partial charge is 0.377 e. The Balaban J connectivity index is 2.15. The molecule has 1 heterocycles. The predicted octanol–water partition coefficient (Wildman–Crippen LogP) is 3.51. The second-order valence-electron chi connectivity index (χ2n) is 4.53.